The second-order valence-electron chi connectivity index (χ2n) is 11.5. The molecule has 0 saturated heterocycles. The summed E-state index contributed by atoms with van der Waals surface area (Å²) in [7, 11) is 0. The first kappa shape index (κ1) is 68.8. The van der Waals surface area contributed by atoms with Crippen molar-refractivity contribution in [3.63, 3.8) is 0 Å². The maximum absolute atomic E-state index is 2.24. The second kappa shape index (κ2) is 58.8. The molecule has 0 atom stereocenters. The SMILES string of the molecule is CC.CC.CC.CC.CC.CC.CC.CC.Cc1ccccc1.Cc1ccccc1.c1ccc2cc3ccccc3cc2c1.c1ccc2ccccc2c1.c1ccccc1.c1ccccc1. The largest absolute Gasteiger partial charge is 0.0683 e. The van der Waals surface area contributed by atoms with E-state index in [0.29, 0.717) is 0 Å². The van der Waals surface area contributed by atoms with Gasteiger partial charge >= 0.3 is 0 Å². The summed E-state index contributed by atoms with van der Waals surface area (Å²) in [5, 5.41) is 7.87. The monoisotopic (exact) mass is 887 g/mol. The maximum atomic E-state index is 2.24. The number of hydrogen-bond acceptors (Lipinski definition) is 0. The highest BCUT2D eigenvalue weighted by Gasteiger charge is 1.95. The summed E-state index contributed by atoms with van der Waals surface area (Å²) in [4.78, 5) is 0. The summed E-state index contributed by atoms with van der Waals surface area (Å²) >= 11 is 0. The van der Waals surface area contributed by atoms with Crippen molar-refractivity contribution in [3.05, 3.63) is 254 Å². The van der Waals surface area contributed by atoms with Crippen LogP contribution in [-0.2, 0) is 0 Å². The molecule has 0 unspecified atom stereocenters. The van der Waals surface area contributed by atoms with Gasteiger partial charge in [0, 0.05) is 0 Å². The molecule has 0 aliphatic heterocycles. The van der Waals surface area contributed by atoms with Crippen LogP contribution in [0, 0.1) is 13.8 Å². The quantitative estimate of drug-likeness (QED) is 0.133. The molecule has 0 amide bonds. The van der Waals surface area contributed by atoms with Gasteiger partial charge in [-0.2, -0.15) is 0 Å². The Balaban J connectivity index is -0.000000217. The Morgan fingerprint density at radius 1 is 0.152 bits per heavy atom. The van der Waals surface area contributed by atoms with Crippen LogP contribution < -0.4 is 0 Å². The van der Waals surface area contributed by atoms with E-state index in [0.717, 1.165) is 0 Å². The number of benzene rings is 9. The van der Waals surface area contributed by atoms with Gasteiger partial charge in [0.15, 0.2) is 0 Å². The van der Waals surface area contributed by atoms with E-state index in [-0.39, 0.29) is 0 Å². The van der Waals surface area contributed by atoms with E-state index < -0.39 is 0 Å². The van der Waals surface area contributed by atoms with Gasteiger partial charge in [0.1, 0.15) is 0 Å². The Morgan fingerprint density at radius 2 is 0.273 bits per heavy atom. The zero-order valence-corrected chi connectivity index (χ0v) is 45.1. The minimum Gasteiger partial charge on any atom is -0.0683 e. The highest BCUT2D eigenvalue weighted by atomic mass is 14.0. The van der Waals surface area contributed by atoms with Crippen LogP contribution in [0.25, 0.3) is 32.3 Å². The van der Waals surface area contributed by atoms with Gasteiger partial charge in [-0.25, -0.2) is 0 Å². The van der Waals surface area contributed by atoms with Crippen LogP contribution in [0.1, 0.15) is 122 Å². The summed E-state index contributed by atoms with van der Waals surface area (Å²) in [5.74, 6) is 0. The van der Waals surface area contributed by atoms with E-state index in [4.69, 9.17) is 0 Å². The Labute approximate surface area is 408 Å². The molecule has 0 heterocycles. The standard InChI is InChI=1S/C14H10.C10H8.2C7H8.2C6H6.8C2H6/c1-2-6-12-10-14-8-4-3-7-13(14)9-11(12)5-1;1-2-6-10-8-4-3-7-9(10)5-1;2*1-7-5-3-2-4-6-7;2*1-2-4-6-5-3-1;8*1-2/h1-10H;1-8H;2*2-6H,1H3;2*1-6H;8*1-2H3. The van der Waals surface area contributed by atoms with Gasteiger partial charge in [-0.15, -0.1) is 0 Å². The Bertz CT molecular complexity index is 1860. The third-order valence-corrected chi connectivity index (χ3v) is 7.49. The van der Waals surface area contributed by atoms with E-state index >= 15 is 0 Å². The Kier molecular flexibility index (Phi) is 61.3. The van der Waals surface area contributed by atoms with Crippen LogP contribution in [0.15, 0.2) is 243 Å². The first-order valence-electron chi connectivity index (χ1n) is 25.0. The van der Waals surface area contributed by atoms with Crippen molar-refractivity contribution in [1.29, 1.82) is 0 Å². The van der Waals surface area contributed by atoms with Crippen LogP contribution in [0.5, 0.6) is 0 Å². The number of aryl methyl sites for hydroxylation is 2. The molecular formula is C66H94. The average molecular weight is 887 g/mol. The molecule has 0 nitrogen and oxygen atoms in total. The van der Waals surface area contributed by atoms with E-state index in [1.165, 1.54) is 43.4 Å². The number of rotatable bonds is 0. The van der Waals surface area contributed by atoms with Crippen LogP contribution in [0.2, 0.25) is 0 Å². The van der Waals surface area contributed by atoms with Gasteiger partial charge in [0.05, 0.1) is 0 Å². The summed E-state index contributed by atoms with van der Waals surface area (Å²) in [5.41, 5.74) is 2.64. The van der Waals surface area contributed by atoms with Crippen LogP contribution in [-0.4, -0.2) is 0 Å². The molecule has 358 valence electrons. The minimum absolute atomic E-state index is 1.31. The molecule has 0 aliphatic carbocycles. The molecule has 0 aromatic heterocycles. The van der Waals surface area contributed by atoms with Crippen molar-refractivity contribution >= 4 is 32.3 Å². The van der Waals surface area contributed by atoms with E-state index in [9.17, 15) is 0 Å². The fourth-order valence-corrected chi connectivity index (χ4v) is 4.85. The lowest BCUT2D eigenvalue weighted by molar-refractivity contribution is 1.48. The molecule has 9 aromatic carbocycles. The third-order valence-electron chi connectivity index (χ3n) is 7.49. The van der Waals surface area contributed by atoms with E-state index in [1.54, 1.807) is 0 Å². The lowest BCUT2D eigenvalue weighted by Gasteiger charge is -2.00. The molecule has 0 saturated carbocycles. The van der Waals surface area contributed by atoms with Crippen molar-refractivity contribution in [3.8, 4) is 0 Å². The predicted octanol–water partition coefficient (Wildman–Crippen LogP) is 22.4. The molecule has 9 aromatic rings. The van der Waals surface area contributed by atoms with E-state index in [2.05, 4.69) is 147 Å². The van der Waals surface area contributed by atoms with Crippen molar-refractivity contribution < 1.29 is 0 Å². The topological polar surface area (TPSA) is 0 Å². The zero-order chi connectivity index (χ0) is 50.9. The molecule has 9 rings (SSSR count). The average Bonchev–Trinajstić information content (AvgIpc) is 3.45. The van der Waals surface area contributed by atoms with E-state index in [1.807, 2.05) is 220 Å². The molecular weight excluding hydrogens is 793 g/mol. The second-order valence-corrected chi connectivity index (χ2v) is 11.5. The van der Waals surface area contributed by atoms with Gasteiger partial charge in [-0.1, -0.05) is 352 Å². The molecule has 66 heavy (non-hydrogen) atoms. The molecule has 0 aliphatic rings. The maximum Gasteiger partial charge on any atom is -0.0178 e. The summed E-state index contributed by atoms with van der Waals surface area (Å²) in [6.07, 6.45) is 0. The molecule has 0 heteroatoms. The van der Waals surface area contributed by atoms with Gasteiger partial charge in [0.25, 0.3) is 0 Å². The predicted molar refractivity (Wildman–Crippen MR) is 311 cm³/mol. The molecule has 0 bridgehead atoms. The molecule has 0 fully saturated rings. The van der Waals surface area contributed by atoms with Crippen molar-refractivity contribution in [1.82, 2.24) is 0 Å². The molecule has 0 radical (unpaired) electrons. The van der Waals surface area contributed by atoms with Gasteiger partial charge < -0.3 is 0 Å². The summed E-state index contributed by atoms with van der Waals surface area (Å²) < 4.78 is 0. The van der Waals surface area contributed by atoms with Crippen molar-refractivity contribution in [2.45, 2.75) is 125 Å². The van der Waals surface area contributed by atoms with Crippen LogP contribution >= 0.6 is 0 Å². The van der Waals surface area contributed by atoms with Gasteiger partial charge in [-0.3, -0.25) is 0 Å². The number of hydrogen-bond donors (Lipinski definition) is 0. The van der Waals surface area contributed by atoms with Crippen molar-refractivity contribution in [2.24, 2.45) is 0 Å². The molecule has 0 N–H and O–H groups in total. The normalized spacial score (nSPS) is 7.85. The smallest absolute Gasteiger partial charge is 0.0178 e. The summed E-state index contributed by atoms with van der Waals surface area (Å²) in [6, 6.07) is 82.7. The first-order valence-corrected chi connectivity index (χ1v) is 25.0. The van der Waals surface area contributed by atoms with Crippen LogP contribution in [0.3, 0.4) is 0 Å². The van der Waals surface area contributed by atoms with Crippen LogP contribution in [0.4, 0.5) is 0 Å². The Morgan fingerprint density at radius 3 is 0.409 bits per heavy atom. The highest BCUT2D eigenvalue weighted by molar-refractivity contribution is 5.98. The lowest BCUT2D eigenvalue weighted by Crippen LogP contribution is -1.74. The fraction of sp³-hybridized carbons (Fsp3) is 0.273. The minimum atomic E-state index is 1.31. The van der Waals surface area contributed by atoms with Crippen molar-refractivity contribution in [2.75, 3.05) is 0 Å². The third kappa shape index (κ3) is 38.2. The fourth-order valence-electron chi connectivity index (χ4n) is 4.85. The zero-order valence-electron chi connectivity index (χ0n) is 45.1. The van der Waals surface area contributed by atoms with Gasteiger partial charge in [0.2, 0.25) is 0 Å². The number of fused-ring (bicyclic) bond motifs is 3. The summed E-state index contributed by atoms with van der Waals surface area (Å²) in [6.45, 7) is 36.2. The lowest BCUT2D eigenvalue weighted by atomic mass is 10.0. The Hall–Kier alpha value is -6.24. The van der Waals surface area contributed by atoms with Gasteiger partial charge in [-0.05, 0) is 58.3 Å². The highest BCUT2D eigenvalue weighted by Crippen LogP contribution is 2.22. The first-order chi connectivity index (χ1) is 32.7. The molecule has 0 spiro atoms.